The molecule has 0 aliphatic carbocycles. The number of ether oxygens (including phenoxy) is 2. The number of hydrogen-bond acceptors (Lipinski definition) is 8. The molecule has 2 aromatic carbocycles. The zero-order valence-corrected chi connectivity index (χ0v) is 29.5. The van der Waals surface area contributed by atoms with E-state index in [0.29, 0.717) is 34.4 Å². The van der Waals surface area contributed by atoms with Crippen LogP contribution in [-0.2, 0) is 0 Å². The maximum Gasteiger partial charge on any atom is 0.269 e. The Morgan fingerprint density at radius 3 is 1.34 bits per heavy atom. The fraction of sp³-hybridized carbons (Fsp3) is 0. The van der Waals surface area contributed by atoms with Crippen LogP contribution in [0.15, 0.2) is 171 Å². The highest BCUT2D eigenvalue weighted by Crippen LogP contribution is 2.29. The molecule has 0 saturated carbocycles. The Morgan fingerprint density at radius 2 is 0.875 bits per heavy atom. The Bertz CT molecular complexity index is 2800. The summed E-state index contributed by atoms with van der Waals surface area (Å²) in [6, 6.07) is 35.1. The van der Waals surface area contributed by atoms with Gasteiger partial charge >= 0.3 is 0 Å². The molecular formula is C44H28N10O2. The van der Waals surface area contributed by atoms with E-state index in [9.17, 15) is 0 Å². The van der Waals surface area contributed by atoms with Crippen molar-refractivity contribution in [3.8, 4) is 57.1 Å². The van der Waals surface area contributed by atoms with E-state index in [2.05, 4.69) is 54.7 Å². The van der Waals surface area contributed by atoms with Gasteiger partial charge in [0.1, 0.15) is 23.0 Å². The molecule has 0 bridgehead atoms. The third-order valence-corrected chi connectivity index (χ3v) is 9.08. The van der Waals surface area contributed by atoms with Gasteiger partial charge in [0.25, 0.3) is 12.7 Å². The summed E-state index contributed by atoms with van der Waals surface area (Å²) in [4.78, 5) is 26.5. The summed E-state index contributed by atoms with van der Waals surface area (Å²) in [6.45, 7) is 0. The second kappa shape index (κ2) is 14.0. The predicted octanol–water partition coefficient (Wildman–Crippen LogP) is 7.35. The van der Waals surface area contributed by atoms with Crippen LogP contribution in [0.25, 0.3) is 56.2 Å². The lowest BCUT2D eigenvalue weighted by Crippen LogP contribution is -2.29. The molecule has 0 unspecified atom stereocenters. The molecule has 56 heavy (non-hydrogen) atoms. The lowest BCUT2D eigenvalue weighted by molar-refractivity contribution is -0.573. The van der Waals surface area contributed by atoms with E-state index >= 15 is 0 Å². The van der Waals surface area contributed by atoms with Crippen molar-refractivity contribution in [2.45, 2.75) is 0 Å². The molecule has 0 amide bonds. The fourth-order valence-electron chi connectivity index (χ4n) is 6.55. The van der Waals surface area contributed by atoms with Gasteiger partial charge in [-0.2, -0.15) is 0 Å². The summed E-state index contributed by atoms with van der Waals surface area (Å²) in [7, 11) is 0. The standard InChI is InChI=1S/C44H28N10O2/c1-3-7-43-41(5-1)51(31-9-15-45-16-10-31)29-53(43)33-21-37(27-47-25-33)55-35-13-19-49-39(23-35)40-24-36(14-20-50-40)56-38-22-34(26-48-28-38)54-30-52(32-11-17-46-18-12-32)42-6-2-4-8-44(42)54/h1-28H. The van der Waals surface area contributed by atoms with Crippen LogP contribution in [0.1, 0.15) is 0 Å². The Labute approximate surface area is 319 Å². The van der Waals surface area contributed by atoms with Crippen molar-refractivity contribution in [2.75, 3.05) is 0 Å². The average molecular weight is 729 g/mol. The molecule has 10 aromatic rings. The number of rotatable bonds is 9. The van der Waals surface area contributed by atoms with E-state index in [1.165, 1.54) is 0 Å². The van der Waals surface area contributed by atoms with E-state index in [-0.39, 0.29) is 0 Å². The van der Waals surface area contributed by atoms with Crippen LogP contribution in [0, 0.1) is 12.7 Å². The number of fused-ring (bicyclic) bond motifs is 2. The predicted molar refractivity (Wildman–Crippen MR) is 206 cm³/mol. The van der Waals surface area contributed by atoms with Gasteiger partial charge in [0.15, 0.2) is 0 Å². The van der Waals surface area contributed by atoms with Crippen LogP contribution in [0.2, 0.25) is 0 Å². The summed E-state index contributed by atoms with van der Waals surface area (Å²) < 4.78 is 20.6. The first-order valence-electron chi connectivity index (χ1n) is 17.6. The number of nitrogens with zero attached hydrogens (tertiary/aromatic N) is 10. The second-order valence-electron chi connectivity index (χ2n) is 12.6. The van der Waals surface area contributed by atoms with E-state index in [1.54, 1.807) is 74.1 Å². The normalized spacial score (nSPS) is 11.2. The minimum absolute atomic E-state index is 0.553. The minimum Gasteiger partial charge on any atom is -0.456 e. The fourth-order valence-corrected chi connectivity index (χ4v) is 6.55. The molecule has 0 fully saturated rings. The molecule has 8 aromatic heterocycles. The Morgan fingerprint density at radius 1 is 0.429 bits per heavy atom. The molecule has 0 atom stereocenters. The summed E-state index contributed by atoms with van der Waals surface area (Å²) in [5.41, 5.74) is 8.64. The summed E-state index contributed by atoms with van der Waals surface area (Å²) in [6.07, 6.45) is 24.3. The minimum atomic E-state index is 0.553. The molecule has 266 valence electrons. The largest absolute Gasteiger partial charge is 0.456 e. The summed E-state index contributed by atoms with van der Waals surface area (Å²) in [5, 5.41) is 0. The quantitative estimate of drug-likeness (QED) is 0.112. The molecular weight excluding hydrogens is 701 g/mol. The topological polar surface area (TPSA) is 113 Å². The maximum absolute atomic E-state index is 6.33. The highest BCUT2D eigenvalue weighted by Gasteiger charge is 2.15. The number of aromatic nitrogens is 10. The van der Waals surface area contributed by atoms with Crippen LogP contribution in [-0.4, -0.2) is 39.0 Å². The number of imidazole rings is 2. The third-order valence-electron chi connectivity index (χ3n) is 9.08. The van der Waals surface area contributed by atoms with Gasteiger partial charge < -0.3 is 9.47 Å². The van der Waals surface area contributed by atoms with Gasteiger partial charge in [-0.05, 0) is 48.5 Å². The Balaban J connectivity index is 0.901. The molecule has 10 rings (SSSR count). The molecule has 12 nitrogen and oxygen atoms in total. The first kappa shape index (κ1) is 32.5. The van der Waals surface area contributed by atoms with E-state index in [0.717, 1.165) is 44.8 Å². The highest BCUT2D eigenvalue weighted by molar-refractivity contribution is 5.75. The van der Waals surface area contributed by atoms with Crippen molar-refractivity contribution in [1.29, 1.82) is 0 Å². The second-order valence-corrected chi connectivity index (χ2v) is 12.6. The van der Waals surface area contributed by atoms with Crippen LogP contribution in [0.5, 0.6) is 23.0 Å². The van der Waals surface area contributed by atoms with Crippen LogP contribution < -0.4 is 18.6 Å². The molecule has 0 radical (unpaired) electrons. The summed E-state index contributed by atoms with van der Waals surface area (Å²) >= 11 is 0. The number of para-hydroxylation sites is 4. The van der Waals surface area contributed by atoms with Gasteiger partial charge in [-0.25, -0.2) is 0 Å². The van der Waals surface area contributed by atoms with Gasteiger partial charge in [0, 0.05) is 61.7 Å². The lowest BCUT2D eigenvalue weighted by atomic mass is 10.2. The van der Waals surface area contributed by atoms with E-state index < -0.39 is 0 Å². The van der Waals surface area contributed by atoms with Gasteiger partial charge in [0.2, 0.25) is 0 Å². The molecule has 0 aliphatic heterocycles. The van der Waals surface area contributed by atoms with Crippen molar-refractivity contribution in [3.05, 3.63) is 184 Å². The monoisotopic (exact) mass is 728 g/mol. The van der Waals surface area contributed by atoms with E-state index in [1.807, 2.05) is 103 Å². The third kappa shape index (κ3) is 6.22. The first-order valence-corrected chi connectivity index (χ1v) is 17.6. The Kier molecular flexibility index (Phi) is 8.15. The molecule has 0 saturated heterocycles. The zero-order valence-electron chi connectivity index (χ0n) is 29.5. The van der Waals surface area contributed by atoms with Crippen LogP contribution >= 0.6 is 0 Å². The SMILES string of the molecule is [c-]1n(-c2ccncc2)c2ccccc2[n+]1-c1cncc(Oc2ccnc(-c3cc(Oc4cncc(-[n+]5[c-]n(-c6ccncc6)c6ccccc65)c4)ccn3)c2)c1. The van der Waals surface area contributed by atoms with Gasteiger partial charge in [-0.3, -0.25) is 48.2 Å². The van der Waals surface area contributed by atoms with Crippen molar-refractivity contribution in [3.63, 3.8) is 0 Å². The van der Waals surface area contributed by atoms with Crippen molar-refractivity contribution < 1.29 is 18.6 Å². The van der Waals surface area contributed by atoms with Gasteiger partial charge in [-0.1, -0.05) is 48.5 Å². The lowest BCUT2D eigenvalue weighted by Gasteiger charge is -2.10. The van der Waals surface area contributed by atoms with Crippen LogP contribution in [0.4, 0.5) is 0 Å². The zero-order chi connectivity index (χ0) is 37.3. The van der Waals surface area contributed by atoms with Gasteiger partial charge in [-0.15, -0.1) is 0 Å². The van der Waals surface area contributed by atoms with Crippen molar-refractivity contribution >= 4 is 22.1 Å². The molecule has 12 heteroatoms. The number of benzene rings is 2. The van der Waals surface area contributed by atoms with Gasteiger partial charge in [0.05, 0.1) is 68.6 Å². The average Bonchev–Trinajstić information content (AvgIpc) is 3.85. The summed E-state index contributed by atoms with van der Waals surface area (Å²) in [5.74, 6) is 2.26. The highest BCUT2D eigenvalue weighted by atomic mass is 16.5. The number of pyridine rings is 6. The molecule has 0 N–H and O–H groups in total. The molecule has 0 aliphatic rings. The van der Waals surface area contributed by atoms with E-state index in [4.69, 9.17) is 9.47 Å². The molecule has 0 spiro atoms. The number of hydrogen-bond donors (Lipinski definition) is 0. The van der Waals surface area contributed by atoms with Crippen LogP contribution in [0.3, 0.4) is 0 Å². The van der Waals surface area contributed by atoms with Crippen molar-refractivity contribution in [2.24, 2.45) is 0 Å². The molecule has 8 heterocycles. The van der Waals surface area contributed by atoms with Crippen molar-refractivity contribution in [1.82, 2.24) is 39.0 Å². The first-order chi connectivity index (χ1) is 27.7. The Hall–Kier alpha value is -8.12. The maximum atomic E-state index is 6.33. The smallest absolute Gasteiger partial charge is 0.269 e.